The monoisotopic (exact) mass is 609 g/mol. The summed E-state index contributed by atoms with van der Waals surface area (Å²) >= 11 is 0. The highest BCUT2D eigenvalue weighted by Gasteiger charge is 2.46. The van der Waals surface area contributed by atoms with Crippen molar-refractivity contribution >= 4 is 15.8 Å². The Labute approximate surface area is 244 Å². The number of carboxylic acids is 1. The Kier molecular flexibility index (Phi) is 12.5. The van der Waals surface area contributed by atoms with Crippen molar-refractivity contribution in [2.75, 3.05) is 6.54 Å². The summed E-state index contributed by atoms with van der Waals surface area (Å²) in [5, 5.41) is 13.4. The van der Waals surface area contributed by atoms with Gasteiger partial charge in [-0.15, -0.1) is 0 Å². The van der Waals surface area contributed by atoms with Crippen molar-refractivity contribution in [1.82, 2.24) is 15.0 Å². The van der Waals surface area contributed by atoms with Crippen molar-refractivity contribution < 1.29 is 36.0 Å². The minimum atomic E-state index is -5.45. The number of carboxylic acid groups (broad SMARTS) is 1. The largest absolute Gasteiger partial charge is 0.501 e. The highest BCUT2D eigenvalue weighted by molar-refractivity contribution is 7.92. The van der Waals surface area contributed by atoms with Crippen LogP contribution in [-0.2, 0) is 34.1 Å². The summed E-state index contributed by atoms with van der Waals surface area (Å²) in [6.07, 6.45) is 11.9. The normalized spacial score (nSPS) is 12.2. The van der Waals surface area contributed by atoms with E-state index in [2.05, 4.69) is 17.1 Å². The number of rotatable bonds is 18. The molecule has 0 bridgehead atoms. The number of benzene rings is 2. The molecule has 0 radical (unpaired) electrons. The van der Waals surface area contributed by atoms with E-state index in [0.29, 0.717) is 17.3 Å². The third-order valence-corrected chi connectivity index (χ3v) is 8.38. The fourth-order valence-electron chi connectivity index (χ4n) is 4.60. The predicted octanol–water partition coefficient (Wildman–Crippen LogP) is 7.19. The minimum absolute atomic E-state index is 0.0896. The molecule has 1 N–H and O–H groups in total. The van der Waals surface area contributed by atoms with E-state index >= 15 is 0 Å². The zero-order valence-corrected chi connectivity index (χ0v) is 24.6. The first kappa shape index (κ1) is 33.3. The van der Waals surface area contributed by atoms with Crippen LogP contribution in [-0.4, -0.2) is 46.6 Å². The molecule has 12 heteroatoms. The maximum atomic E-state index is 12.8. The number of aromatic nitrogens is 2. The number of hydrogen-bond donors (Lipinski definition) is 1. The quantitative estimate of drug-likeness (QED) is 0.151. The maximum absolute atomic E-state index is 12.8. The molecule has 0 saturated carbocycles. The number of unbranched alkanes of at least 4 members (excludes halogenated alkanes) is 8. The van der Waals surface area contributed by atoms with E-state index in [0.717, 1.165) is 42.5 Å². The fourth-order valence-corrected chi connectivity index (χ4v) is 5.36. The molecule has 3 rings (SSSR count). The molecule has 0 spiro atoms. The summed E-state index contributed by atoms with van der Waals surface area (Å²) in [6, 6.07) is 11.5. The van der Waals surface area contributed by atoms with E-state index in [1.807, 2.05) is 12.1 Å². The van der Waals surface area contributed by atoms with E-state index in [4.69, 9.17) is 4.52 Å². The first-order valence-electron chi connectivity index (χ1n) is 14.3. The average Bonchev–Trinajstić information content (AvgIpc) is 3.41. The van der Waals surface area contributed by atoms with E-state index in [-0.39, 0.29) is 19.6 Å². The van der Waals surface area contributed by atoms with Crippen LogP contribution in [0, 0.1) is 0 Å². The topological polar surface area (TPSA) is 114 Å². The van der Waals surface area contributed by atoms with Gasteiger partial charge in [-0.3, -0.25) is 9.69 Å². The molecule has 42 heavy (non-hydrogen) atoms. The zero-order chi connectivity index (χ0) is 30.6. The third kappa shape index (κ3) is 10.2. The van der Waals surface area contributed by atoms with Crippen molar-refractivity contribution in [3.05, 3.63) is 65.5 Å². The second-order valence-corrected chi connectivity index (χ2v) is 12.4. The second kappa shape index (κ2) is 15.8. The molecule has 1 aromatic heterocycles. The number of hydrogen-bond acceptors (Lipinski definition) is 7. The van der Waals surface area contributed by atoms with Crippen molar-refractivity contribution in [1.29, 1.82) is 0 Å². The number of aryl methyl sites for hydroxylation is 1. The molecule has 3 aromatic rings. The number of carbonyl (C=O) groups is 1. The third-order valence-electron chi connectivity index (χ3n) is 6.88. The molecule has 0 fully saturated rings. The van der Waals surface area contributed by atoms with Crippen LogP contribution in [0.3, 0.4) is 0 Å². The van der Waals surface area contributed by atoms with Gasteiger partial charge in [-0.1, -0.05) is 87.7 Å². The van der Waals surface area contributed by atoms with Gasteiger partial charge in [0.05, 0.1) is 11.4 Å². The van der Waals surface area contributed by atoms with Gasteiger partial charge in [-0.05, 0) is 41.8 Å². The molecule has 230 valence electrons. The minimum Gasteiger partial charge on any atom is -0.480 e. The van der Waals surface area contributed by atoms with Crippen molar-refractivity contribution in [2.45, 2.75) is 94.6 Å². The molecular formula is C30H38F3N3O5S. The predicted molar refractivity (Wildman–Crippen MR) is 152 cm³/mol. The highest BCUT2D eigenvalue weighted by Crippen LogP contribution is 2.30. The molecule has 0 aliphatic heterocycles. The molecule has 0 aliphatic rings. The van der Waals surface area contributed by atoms with Gasteiger partial charge in [0.2, 0.25) is 0 Å². The van der Waals surface area contributed by atoms with Gasteiger partial charge in [0.15, 0.2) is 5.82 Å². The molecule has 1 heterocycles. The Bertz CT molecular complexity index is 1360. The second-order valence-electron chi connectivity index (χ2n) is 10.4. The maximum Gasteiger partial charge on any atom is 0.501 e. The van der Waals surface area contributed by atoms with E-state index < -0.39 is 26.2 Å². The van der Waals surface area contributed by atoms with E-state index in [9.17, 15) is 31.5 Å². The Morgan fingerprint density at radius 2 is 1.38 bits per heavy atom. The standard InChI is InChI=1S/C30H38F3N3O5S/c1-2-3-4-5-6-7-8-9-10-11-27-34-29(41-35-27)25-16-12-23(13-17-25)20-36(22-28(37)38)21-24-14-18-26(19-15-24)42(39,40)30(31,32)33/h12-19H,2-11,20-22H2,1H3,(H,37,38). The molecular weight excluding hydrogens is 571 g/mol. The number of sulfone groups is 1. The van der Waals surface area contributed by atoms with Crippen molar-refractivity contribution in [3.8, 4) is 11.5 Å². The van der Waals surface area contributed by atoms with Crippen LogP contribution in [0.15, 0.2) is 57.9 Å². The summed E-state index contributed by atoms with van der Waals surface area (Å²) in [4.78, 5) is 16.6. The van der Waals surface area contributed by atoms with Crippen LogP contribution in [0.5, 0.6) is 0 Å². The molecule has 0 saturated heterocycles. The summed E-state index contributed by atoms with van der Waals surface area (Å²) < 4.78 is 67.0. The van der Waals surface area contributed by atoms with Gasteiger partial charge < -0.3 is 9.63 Å². The number of alkyl halides is 3. The van der Waals surface area contributed by atoms with Crippen LogP contribution >= 0.6 is 0 Å². The van der Waals surface area contributed by atoms with Crippen molar-refractivity contribution in [2.24, 2.45) is 0 Å². The summed E-state index contributed by atoms with van der Waals surface area (Å²) in [5.74, 6) is -0.00396. The van der Waals surface area contributed by atoms with Crippen molar-refractivity contribution in [3.63, 3.8) is 0 Å². The fraction of sp³-hybridized carbons (Fsp3) is 0.500. The lowest BCUT2D eigenvalue weighted by Crippen LogP contribution is -2.29. The Hall–Kier alpha value is -3.25. The molecule has 0 aliphatic carbocycles. The summed E-state index contributed by atoms with van der Waals surface area (Å²) in [5.41, 5.74) is -3.40. The van der Waals surface area contributed by atoms with E-state index in [1.54, 1.807) is 17.0 Å². The molecule has 0 atom stereocenters. The van der Waals surface area contributed by atoms with Gasteiger partial charge in [0.25, 0.3) is 15.7 Å². The van der Waals surface area contributed by atoms with Gasteiger partial charge >= 0.3 is 11.5 Å². The number of halogens is 3. The Morgan fingerprint density at radius 3 is 1.90 bits per heavy atom. The Morgan fingerprint density at radius 1 is 0.857 bits per heavy atom. The molecule has 2 aromatic carbocycles. The van der Waals surface area contributed by atoms with Crippen LogP contribution in [0.4, 0.5) is 13.2 Å². The first-order chi connectivity index (χ1) is 20.0. The van der Waals surface area contributed by atoms with Gasteiger partial charge in [0.1, 0.15) is 0 Å². The zero-order valence-electron chi connectivity index (χ0n) is 23.8. The number of aliphatic carboxylic acids is 1. The van der Waals surface area contributed by atoms with Gasteiger partial charge in [0, 0.05) is 25.1 Å². The summed E-state index contributed by atoms with van der Waals surface area (Å²) in [7, 11) is -5.45. The number of nitrogens with zero attached hydrogens (tertiary/aromatic N) is 3. The van der Waals surface area contributed by atoms with Crippen LogP contribution in [0.2, 0.25) is 0 Å². The lowest BCUT2D eigenvalue weighted by atomic mass is 10.1. The lowest BCUT2D eigenvalue weighted by Gasteiger charge is -2.21. The van der Waals surface area contributed by atoms with Crippen LogP contribution in [0.1, 0.15) is 81.7 Å². The molecule has 0 amide bonds. The van der Waals surface area contributed by atoms with Crippen LogP contribution < -0.4 is 0 Å². The summed E-state index contributed by atoms with van der Waals surface area (Å²) in [6.45, 7) is 2.23. The van der Waals surface area contributed by atoms with E-state index in [1.165, 1.54) is 57.1 Å². The SMILES string of the molecule is CCCCCCCCCCCc1noc(-c2ccc(CN(CC(=O)O)Cc3ccc(S(=O)(=O)C(F)(F)F)cc3)cc2)n1. The molecule has 8 nitrogen and oxygen atoms in total. The highest BCUT2D eigenvalue weighted by atomic mass is 32.2. The Balaban J connectivity index is 1.52. The lowest BCUT2D eigenvalue weighted by molar-refractivity contribution is -0.138. The average molecular weight is 610 g/mol. The van der Waals surface area contributed by atoms with Crippen LogP contribution in [0.25, 0.3) is 11.5 Å². The first-order valence-corrected chi connectivity index (χ1v) is 15.7. The van der Waals surface area contributed by atoms with Gasteiger partial charge in [-0.25, -0.2) is 8.42 Å². The van der Waals surface area contributed by atoms with Gasteiger partial charge in [-0.2, -0.15) is 18.2 Å². The smallest absolute Gasteiger partial charge is 0.480 e. The molecule has 0 unspecified atom stereocenters.